The summed E-state index contributed by atoms with van der Waals surface area (Å²) >= 11 is 0. The summed E-state index contributed by atoms with van der Waals surface area (Å²) < 4.78 is 0. The molecule has 0 fully saturated rings. The number of carbonyl (C=O) groups excluding carboxylic acids is 1. The van der Waals surface area contributed by atoms with Crippen molar-refractivity contribution in [2.45, 2.75) is 39.3 Å². The van der Waals surface area contributed by atoms with Crippen LogP contribution in [0.5, 0.6) is 0 Å². The Kier molecular flexibility index (Phi) is 7.46. The fourth-order valence-corrected chi connectivity index (χ4v) is 2.68. The predicted octanol–water partition coefficient (Wildman–Crippen LogP) is 4.40. The first-order valence-electron chi connectivity index (χ1n) is 8.03. The van der Waals surface area contributed by atoms with Crippen LogP contribution in [-0.2, 0) is 4.79 Å². The van der Waals surface area contributed by atoms with Gasteiger partial charge < -0.3 is 11.1 Å². The molecule has 3 N–H and O–H groups in total. The molecular weight excluding hydrogens is 320 g/mol. The van der Waals surface area contributed by atoms with Gasteiger partial charge in [-0.1, -0.05) is 81.4 Å². The third-order valence-corrected chi connectivity index (χ3v) is 3.94. The molecule has 0 saturated carbocycles. The van der Waals surface area contributed by atoms with Gasteiger partial charge >= 0.3 is 0 Å². The second-order valence-electron chi connectivity index (χ2n) is 7.00. The molecule has 0 bridgehead atoms. The van der Waals surface area contributed by atoms with E-state index in [2.05, 4.69) is 26.1 Å². The summed E-state index contributed by atoms with van der Waals surface area (Å²) in [6.45, 7) is 6.38. The zero-order valence-electron chi connectivity index (χ0n) is 14.5. The molecule has 0 spiro atoms. The number of rotatable bonds is 5. The van der Waals surface area contributed by atoms with Crippen LogP contribution in [0, 0.1) is 5.41 Å². The van der Waals surface area contributed by atoms with Gasteiger partial charge in [0.25, 0.3) is 0 Å². The van der Waals surface area contributed by atoms with E-state index in [0.29, 0.717) is 0 Å². The van der Waals surface area contributed by atoms with Gasteiger partial charge in [-0.05, 0) is 16.5 Å². The predicted molar refractivity (Wildman–Crippen MR) is 102 cm³/mol. The first-order valence-corrected chi connectivity index (χ1v) is 8.03. The Morgan fingerprint density at radius 1 is 0.958 bits per heavy atom. The summed E-state index contributed by atoms with van der Waals surface area (Å²) in [4.78, 5) is 12.5. The second-order valence-corrected chi connectivity index (χ2v) is 7.00. The number of carbonyl (C=O) groups is 1. The van der Waals surface area contributed by atoms with Crippen molar-refractivity contribution in [2.24, 2.45) is 11.1 Å². The average Bonchev–Trinajstić information content (AvgIpc) is 2.53. The average molecular weight is 347 g/mol. The molecule has 3 nitrogen and oxygen atoms in total. The largest absolute Gasteiger partial charge is 0.349 e. The third kappa shape index (κ3) is 5.66. The standard InChI is InChI=1S/C20H26N2O.ClH/c1-20(2,3)19(16-12-8-5-9-13-16)22-18(23)14-17(21)15-10-6-4-7-11-15;/h4-13,17,19H,14,21H2,1-3H3,(H,22,23);1H. The first kappa shape index (κ1) is 20.2. The van der Waals surface area contributed by atoms with E-state index in [0.717, 1.165) is 11.1 Å². The third-order valence-electron chi connectivity index (χ3n) is 3.94. The molecule has 1 amide bonds. The van der Waals surface area contributed by atoms with Crippen molar-refractivity contribution in [3.63, 3.8) is 0 Å². The maximum Gasteiger partial charge on any atom is 0.222 e. The Hall–Kier alpha value is -1.84. The van der Waals surface area contributed by atoms with Crippen LogP contribution in [0.4, 0.5) is 0 Å². The summed E-state index contributed by atoms with van der Waals surface area (Å²) in [5.41, 5.74) is 8.18. The molecule has 4 heteroatoms. The minimum absolute atomic E-state index is 0. The van der Waals surface area contributed by atoms with Gasteiger partial charge in [-0.3, -0.25) is 4.79 Å². The lowest BCUT2D eigenvalue weighted by Crippen LogP contribution is -2.37. The lowest BCUT2D eigenvalue weighted by atomic mass is 9.82. The van der Waals surface area contributed by atoms with E-state index in [1.807, 2.05) is 60.7 Å². The van der Waals surface area contributed by atoms with Crippen LogP contribution in [0.25, 0.3) is 0 Å². The van der Waals surface area contributed by atoms with Crippen molar-refractivity contribution >= 4 is 18.3 Å². The fourth-order valence-electron chi connectivity index (χ4n) is 2.68. The minimum Gasteiger partial charge on any atom is -0.349 e. The molecule has 0 aliphatic carbocycles. The number of nitrogens with one attached hydrogen (secondary N) is 1. The van der Waals surface area contributed by atoms with E-state index in [1.165, 1.54) is 0 Å². The SMILES string of the molecule is CC(C)(C)C(NC(=O)CC(N)c1ccccc1)c1ccccc1.Cl. The van der Waals surface area contributed by atoms with Crippen LogP contribution in [0.2, 0.25) is 0 Å². The number of nitrogens with two attached hydrogens (primary N) is 1. The van der Waals surface area contributed by atoms with Crippen molar-refractivity contribution < 1.29 is 4.79 Å². The van der Waals surface area contributed by atoms with E-state index < -0.39 is 0 Å². The van der Waals surface area contributed by atoms with Crippen molar-refractivity contribution in [1.29, 1.82) is 0 Å². The van der Waals surface area contributed by atoms with Crippen molar-refractivity contribution in [3.05, 3.63) is 71.8 Å². The van der Waals surface area contributed by atoms with E-state index in [9.17, 15) is 4.79 Å². The molecule has 0 saturated heterocycles. The number of benzene rings is 2. The Morgan fingerprint density at radius 3 is 1.88 bits per heavy atom. The van der Waals surface area contributed by atoms with E-state index in [-0.39, 0.29) is 42.2 Å². The topological polar surface area (TPSA) is 55.1 Å². The maximum absolute atomic E-state index is 12.5. The Labute approximate surface area is 151 Å². The van der Waals surface area contributed by atoms with Crippen molar-refractivity contribution in [2.75, 3.05) is 0 Å². The quantitative estimate of drug-likeness (QED) is 0.842. The van der Waals surface area contributed by atoms with Crippen LogP contribution in [0.15, 0.2) is 60.7 Å². The summed E-state index contributed by atoms with van der Waals surface area (Å²) in [6, 6.07) is 19.5. The van der Waals surface area contributed by atoms with Gasteiger partial charge in [-0.2, -0.15) is 0 Å². The van der Waals surface area contributed by atoms with Crippen LogP contribution in [0.1, 0.15) is 50.4 Å². The highest BCUT2D eigenvalue weighted by atomic mass is 35.5. The molecule has 0 aromatic heterocycles. The summed E-state index contributed by atoms with van der Waals surface area (Å²) in [5.74, 6) is -0.0230. The zero-order valence-corrected chi connectivity index (χ0v) is 15.3. The molecule has 24 heavy (non-hydrogen) atoms. The maximum atomic E-state index is 12.5. The first-order chi connectivity index (χ1) is 10.9. The van der Waals surface area contributed by atoms with Gasteiger partial charge in [-0.25, -0.2) is 0 Å². The zero-order chi connectivity index (χ0) is 16.9. The van der Waals surface area contributed by atoms with Crippen LogP contribution in [-0.4, -0.2) is 5.91 Å². The molecule has 2 unspecified atom stereocenters. The second kappa shape index (κ2) is 8.86. The molecule has 0 radical (unpaired) electrons. The smallest absolute Gasteiger partial charge is 0.222 e. The monoisotopic (exact) mass is 346 g/mol. The fraction of sp³-hybridized carbons (Fsp3) is 0.350. The normalized spacial score (nSPS) is 13.5. The van der Waals surface area contributed by atoms with Crippen LogP contribution >= 0.6 is 12.4 Å². The van der Waals surface area contributed by atoms with E-state index in [4.69, 9.17) is 5.73 Å². The Bertz CT molecular complexity index is 623. The summed E-state index contributed by atoms with van der Waals surface area (Å²) in [6.07, 6.45) is 0.281. The van der Waals surface area contributed by atoms with E-state index in [1.54, 1.807) is 0 Å². The number of hydrogen-bond donors (Lipinski definition) is 2. The number of halogens is 1. The van der Waals surface area contributed by atoms with Gasteiger partial charge in [0.15, 0.2) is 0 Å². The Balaban J connectivity index is 0.00000288. The van der Waals surface area contributed by atoms with Gasteiger partial charge in [-0.15, -0.1) is 12.4 Å². The highest BCUT2D eigenvalue weighted by molar-refractivity contribution is 5.85. The lowest BCUT2D eigenvalue weighted by Gasteiger charge is -2.32. The summed E-state index contributed by atoms with van der Waals surface area (Å²) in [7, 11) is 0. The highest BCUT2D eigenvalue weighted by Crippen LogP contribution is 2.32. The molecule has 130 valence electrons. The van der Waals surface area contributed by atoms with Gasteiger partial charge in [0, 0.05) is 12.5 Å². The molecule has 2 aromatic rings. The highest BCUT2D eigenvalue weighted by Gasteiger charge is 2.28. The minimum atomic E-state index is -0.285. The van der Waals surface area contributed by atoms with Gasteiger partial charge in [0.2, 0.25) is 5.91 Å². The molecule has 2 rings (SSSR count). The summed E-state index contributed by atoms with van der Waals surface area (Å²) in [5, 5.41) is 3.15. The van der Waals surface area contributed by atoms with Crippen molar-refractivity contribution in [3.8, 4) is 0 Å². The van der Waals surface area contributed by atoms with Gasteiger partial charge in [0.05, 0.1) is 6.04 Å². The molecule has 0 aliphatic heterocycles. The van der Waals surface area contributed by atoms with Crippen LogP contribution < -0.4 is 11.1 Å². The lowest BCUT2D eigenvalue weighted by molar-refractivity contribution is -0.123. The van der Waals surface area contributed by atoms with E-state index >= 15 is 0 Å². The number of amides is 1. The molecule has 0 aliphatic rings. The van der Waals surface area contributed by atoms with Crippen molar-refractivity contribution in [1.82, 2.24) is 5.32 Å². The molecule has 2 aromatic carbocycles. The number of hydrogen-bond acceptors (Lipinski definition) is 2. The molecular formula is C20H27ClN2O. The van der Waals surface area contributed by atoms with Crippen LogP contribution in [0.3, 0.4) is 0 Å². The molecule has 2 atom stereocenters. The molecule has 0 heterocycles. The Morgan fingerprint density at radius 2 is 1.42 bits per heavy atom. The van der Waals surface area contributed by atoms with Gasteiger partial charge in [0.1, 0.15) is 0 Å².